The van der Waals surface area contributed by atoms with E-state index in [9.17, 15) is 9.59 Å². The van der Waals surface area contributed by atoms with Gasteiger partial charge in [0.1, 0.15) is 11.5 Å². The number of carbonyl (C=O) groups excluding carboxylic acids is 2. The summed E-state index contributed by atoms with van der Waals surface area (Å²) in [5.74, 6) is 1.53. The molecular formula is C19H24N4O3. The third-order valence-electron chi connectivity index (χ3n) is 5.39. The van der Waals surface area contributed by atoms with Crippen LogP contribution in [0.1, 0.15) is 46.8 Å². The van der Waals surface area contributed by atoms with E-state index in [1.165, 1.54) is 0 Å². The van der Waals surface area contributed by atoms with Crippen LogP contribution in [0, 0.1) is 13.8 Å². The van der Waals surface area contributed by atoms with Gasteiger partial charge in [0.05, 0.1) is 23.8 Å². The summed E-state index contributed by atoms with van der Waals surface area (Å²) in [6.07, 6.45) is 4.07. The van der Waals surface area contributed by atoms with Gasteiger partial charge in [-0.3, -0.25) is 14.3 Å². The Hall–Kier alpha value is -2.57. The molecule has 2 amide bonds. The number of fused-ring (bicyclic) bond motifs is 1. The van der Waals surface area contributed by atoms with Crippen LogP contribution < -0.4 is 0 Å². The van der Waals surface area contributed by atoms with E-state index in [0.717, 1.165) is 37.4 Å². The fraction of sp³-hybridized carbons (Fsp3) is 0.526. The van der Waals surface area contributed by atoms with E-state index in [-0.39, 0.29) is 17.9 Å². The van der Waals surface area contributed by atoms with E-state index in [4.69, 9.17) is 4.42 Å². The number of furan rings is 1. The molecule has 7 heteroatoms. The number of likely N-dealkylation sites (tertiary alicyclic amines) is 1. The first-order chi connectivity index (χ1) is 12.5. The Balaban J connectivity index is 1.64. The molecule has 0 aliphatic carbocycles. The van der Waals surface area contributed by atoms with Gasteiger partial charge >= 0.3 is 0 Å². The predicted molar refractivity (Wildman–Crippen MR) is 94.5 cm³/mol. The lowest BCUT2D eigenvalue weighted by Gasteiger charge is -2.32. The number of carbonyl (C=O) groups is 2. The summed E-state index contributed by atoms with van der Waals surface area (Å²) in [4.78, 5) is 29.2. The highest BCUT2D eigenvalue weighted by Crippen LogP contribution is 2.24. The van der Waals surface area contributed by atoms with Gasteiger partial charge in [0.15, 0.2) is 0 Å². The van der Waals surface area contributed by atoms with Gasteiger partial charge in [0.2, 0.25) is 5.91 Å². The fourth-order valence-electron chi connectivity index (χ4n) is 4.00. The van der Waals surface area contributed by atoms with Crippen molar-refractivity contribution < 1.29 is 14.0 Å². The molecule has 2 aromatic heterocycles. The molecule has 2 aromatic rings. The van der Waals surface area contributed by atoms with Crippen molar-refractivity contribution in [1.82, 2.24) is 19.6 Å². The molecule has 0 radical (unpaired) electrons. The summed E-state index contributed by atoms with van der Waals surface area (Å²) < 4.78 is 7.53. The molecule has 2 aliphatic rings. The summed E-state index contributed by atoms with van der Waals surface area (Å²) in [5.41, 5.74) is 1.62. The van der Waals surface area contributed by atoms with Crippen LogP contribution in [0.4, 0.5) is 0 Å². The second-order valence-electron chi connectivity index (χ2n) is 7.19. The highest BCUT2D eigenvalue weighted by atomic mass is 16.3. The van der Waals surface area contributed by atoms with E-state index >= 15 is 0 Å². The first-order valence-corrected chi connectivity index (χ1v) is 9.19. The molecule has 1 atom stereocenters. The van der Waals surface area contributed by atoms with E-state index < -0.39 is 0 Å². The Morgan fingerprint density at radius 2 is 2.19 bits per heavy atom. The standard InChI is InChI=1S/C19H24N4O3/c1-13-10-17(14(2)26-13)19(25)22-12-16-5-7-20-23(16)9-6-15(22)11-21-8-3-4-18(21)24/h5,7,10,15H,3-4,6,8-9,11-12H2,1-2H3/t15-/m1/s1. The third-order valence-corrected chi connectivity index (χ3v) is 5.39. The van der Waals surface area contributed by atoms with Crippen LogP contribution >= 0.6 is 0 Å². The first kappa shape index (κ1) is 16.9. The summed E-state index contributed by atoms with van der Waals surface area (Å²) in [6, 6.07) is 3.73. The molecule has 0 N–H and O–H groups in total. The second-order valence-corrected chi connectivity index (χ2v) is 7.19. The number of nitrogens with zero attached hydrogens (tertiary/aromatic N) is 4. The number of aryl methyl sites for hydroxylation is 3. The quantitative estimate of drug-likeness (QED) is 0.845. The summed E-state index contributed by atoms with van der Waals surface area (Å²) in [5, 5.41) is 4.37. The maximum absolute atomic E-state index is 13.3. The monoisotopic (exact) mass is 356 g/mol. The molecule has 0 bridgehead atoms. The lowest BCUT2D eigenvalue weighted by molar-refractivity contribution is -0.128. The molecule has 1 saturated heterocycles. The molecule has 4 rings (SSSR count). The zero-order chi connectivity index (χ0) is 18.3. The summed E-state index contributed by atoms with van der Waals surface area (Å²) in [7, 11) is 0. The number of amides is 2. The highest BCUT2D eigenvalue weighted by molar-refractivity contribution is 5.95. The van der Waals surface area contributed by atoms with Crippen molar-refractivity contribution in [3.63, 3.8) is 0 Å². The molecular weight excluding hydrogens is 332 g/mol. The lowest BCUT2D eigenvalue weighted by Crippen LogP contribution is -2.46. The zero-order valence-electron chi connectivity index (χ0n) is 15.3. The van der Waals surface area contributed by atoms with Crippen molar-refractivity contribution in [1.29, 1.82) is 0 Å². The zero-order valence-corrected chi connectivity index (χ0v) is 15.3. The fourth-order valence-corrected chi connectivity index (χ4v) is 4.00. The molecule has 7 nitrogen and oxygen atoms in total. The van der Waals surface area contributed by atoms with E-state index in [2.05, 4.69) is 5.10 Å². The van der Waals surface area contributed by atoms with E-state index in [1.54, 1.807) is 12.3 Å². The van der Waals surface area contributed by atoms with Crippen molar-refractivity contribution in [2.75, 3.05) is 13.1 Å². The maximum Gasteiger partial charge on any atom is 0.258 e. The van der Waals surface area contributed by atoms with Crippen molar-refractivity contribution in [3.05, 3.63) is 41.1 Å². The smallest absolute Gasteiger partial charge is 0.258 e. The lowest BCUT2D eigenvalue weighted by atomic mass is 10.1. The first-order valence-electron chi connectivity index (χ1n) is 9.19. The van der Waals surface area contributed by atoms with Crippen molar-refractivity contribution >= 4 is 11.8 Å². The Morgan fingerprint density at radius 1 is 1.35 bits per heavy atom. The highest BCUT2D eigenvalue weighted by Gasteiger charge is 2.33. The molecule has 0 aromatic carbocycles. The van der Waals surface area contributed by atoms with Gasteiger partial charge < -0.3 is 14.2 Å². The van der Waals surface area contributed by atoms with E-state index in [1.807, 2.05) is 34.4 Å². The summed E-state index contributed by atoms with van der Waals surface area (Å²) in [6.45, 7) is 6.29. The molecule has 0 spiro atoms. The molecule has 26 heavy (non-hydrogen) atoms. The molecule has 1 fully saturated rings. The Labute approximate surface area is 152 Å². The van der Waals surface area contributed by atoms with Gasteiger partial charge in [0.25, 0.3) is 5.91 Å². The van der Waals surface area contributed by atoms with E-state index in [0.29, 0.717) is 30.8 Å². The molecule has 4 heterocycles. The van der Waals surface area contributed by atoms with Crippen LogP contribution in [0.15, 0.2) is 22.7 Å². The van der Waals surface area contributed by atoms with Crippen LogP contribution in [0.5, 0.6) is 0 Å². The SMILES string of the molecule is Cc1cc(C(=O)N2Cc3ccnn3CC[C@@H]2CN2CCCC2=O)c(C)o1. The van der Waals surface area contributed by atoms with Crippen molar-refractivity contribution in [3.8, 4) is 0 Å². The van der Waals surface area contributed by atoms with Crippen LogP contribution in [0.3, 0.4) is 0 Å². The number of rotatable bonds is 3. The molecule has 0 unspecified atom stereocenters. The van der Waals surface area contributed by atoms with Gasteiger partial charge in [-0.05, 0) is 38.8 Å². The normalized spacial score (nSPS) is 20.4. The molecule has 2 aliphatic heterocycles. The molecule has 138 valence electrons. The number of aromatic nitrogens is 2. The largest absolute Gasteiger partial charge is 0.466 e. The molecule has 0 saturated carbocycles. The van der Waals surface area contributed by atoms with Gasteiger partial charge in [0, 0.05) is 32.3 Å². The average Bonchev–Trinajstić information content (AvgIpc) is 3.28. The summed E-state index contributed by atoms with van der Waals surface area (Å²) >= 11 is 0. The minimum absolute atomic E-state index is 0.0270. The van der Waals surface area contributed by atoms with Gasteiger partial charge in [-0.1, -0.05) is 0 Å². The number of hydrogen-bond donors (Lipinski definition) is 0. The average molecular weight is 356 g/mol. The Morgan fingerprint density at radius 3 is 2.88 bits per heavy atom. The van der Waals surface area contributed by atoms with Crippen molar-refractivity contribution in [2.24, 2.45) is 0 Å². The Kier molecular flexibility index (Phi) is 4.30. The van der Waals surface area contributed by atoms with Crippen LogP contribution in [0.25, 0.3) is 0 Å². The van der Waals surface area contributed by atoms with Crippen molar-refractivity contribution in [2.45, 2.75) is 52.2 Å². The number of hydrogen-bond acceptors (Lipinski definition) is 4. The van der Waals surface area contributed by atoms with Gasteiger partial charge in [-0.2, -0.15) is 5.10 Å². The topological polar surface area (TPSA) is 71.6 Å². The van der Waals surface area contributed by atoms with Gasteiger partial charge in [-0.25, -0.2) is 0 Å². The van der Waals surface area contributed by atoms with Gasteiger partial charge in [-0.15, -0.1) is 0 Å². The minimum atomic E-state index is -0.0364. The maximum atomic E-state index is 13.3. The van der Waals surface area contributed by atoms with Crippen LogP contribution in [-0.2, 0) is 17.9 Å². The second kappa shape index (κ2) is 6.63. The third kappa shape index (κ3) is 3.02. The Bertz CT molecular complexity index is 838. The van der Waals surface area contributed by atoms with Crippen LogP contribution in [0.2, 0.25) is 0 Å². The van der Waals surface area contributed by atoms with Crippen LogP contribution in [-0.4, -0.2) is 50.5 Å². The predicted octanol–water partition coefficient (Wildman–Crippen LogP) is 2.13. The minimum Gasteiger partial charge on any atom is -0.466 e.